The Morgan fingerprint density at radius 1 is 1.10 bits per heavy atom. The second kappa shape index (κ2) is 5.75. The number of carbonyl (C=O) groups is 1. The van der Waals surface area contributed by atoms with Gasteiger partial charge in [-0.15, -0.1) is 0 Å². The van der Waals surface area contributed by atoms with Crippen LogP contribution >= 0.6 is 0 Å². The second-order valence-electron chi connectivity index (χ2n) is 4.81. The molecule has 0 aliphatic rings. The first-order chi connectivity index (χ1) is 10.3. The van der Waals surface area contributed by atoms with Crippen molar-refractivity contribution in [3.05, 3.63) is 72.1 Å². The molecule has 0 saturated carbocycles. The van der Waals surface area contributed by atoms with Crippen molar-refractivity contribution in [1.29, 1.82) is 0 Å². The molecule has 1 aromatic heterocycles. The highest BCUT2D eigenvalue weighted by Crippen LogP contribution is 2.22. The number of Topliss-reactive ketones (excluding diaryl/α,β-unsaturated/α-hetero) is 1. The summed E-state index contributed by atoms with van der Waals surface area (Å²) in [7, 11) is 1.62. The minimum absolute atomic E-state index is 0.0677. The molecule has 0 radical (unpaired) electrons. The fourth-order valence-corrected chi connectivity index (χ4v) is 2.47. The molecule has 21 heavy (non-hydrogen) atoms. The Morgan fingerprint density at radius 3 is 2.81 bits per heavy atom. The number of nitrogens with zero attached hydrogens (tertiary/aromatic N) is 1. The van der Waals surface area contributed by atoms with Crippen molar-refractivity contribution >= 4 is 16.6 Å². The molecular weight excluding hydrogens is 262 g/mol. The van der Waals surface area contributed by atoms with E-state index in [0.29, 0.717) is 12.0 Å². The zero-order valence-electron chi connectivity index (χ0n) is 11.7. The van der Waals surface area contributed by atoms with Crippen LogP contribution in [0.25, 0.3) is 10.8 Å². The Hall–Kier alpha value is -2.68. The number of para-hydroxylation sites is 1. The van der Waals surface area contributed by atoms with Crippen LogP contribution in [0.2, 0.25) is 0 Å². The largest absolute Gasteiger partial charge is 0.496 e. The van der Waals surface area contributed by atoms with Gasteiger partial charge in [-0.25, -0.2) is 0 Å². The Kier molecular flexibility index (Phi) is 3.65. The molecule has 0 spiro atoms. The third-order valence-corrected chi connectivity index (χ3v) is 3.53. The van der Waals surface area contributed by atoms with Crippen molar-refractivity contribution in [2.45, 2.75) is 6.42 Å². The van der Waals surface area contributed by atoms with Gasteiger partial charge in [0.25, 0.3) is 0 Å². The molecule has 0 unspecified atom stereocenters. The molecular formula is C18H15NO2. The maximum absolute atomic E-state index is 12.6. The predicted octanol–water partition coefficient (Wildman–Crippen LogP) is 3.67. The molecule has 0 bridgehead atoms. The summed E-state index contributed by atoms with van der Waals surface area (Å²) in [6.07, 6.45) is 3.79. The minimum atomic E-state index is 0.0677. The highest BCUT2D eigenvalue weighted by Gasteiger charge is 2.13. The lowest BCUT2D eigenvalue weighted by Crippen LogP contribution is -2.05. The van der Waals surface area contributed by atoms with Gasteiger partial charge in [0, 0.05) is 35.3 Å². The summed E-state index contributed by atoms with van der Waals surface area (Å²) in [6.45, 7) is 0. The van der Waals surface area contributed by atoms with E-state index >= 15 is 0 Å². The van der Waals surface area contributed by atoms with E-state index in [1.165, 1.54) is 0 Å². The van der Waals surface area contributed by atoms with Crippen molar-refractivity contribution in [1.82, 2.24) is 4.98 Å². The lowest BCUT2D eigenvalue weighted by molar-refractivity contribution is 0.0993. The summed E-state index contributed by atoms with van der Waals surface area (Å²) in [5.74, 6) is 0.808. The van der Waals surface area contributed by atoms with Gasteiger partial charge in [-0.3, -0.25) is 9.78 Å². The average molecular weight is 277 g/mol. The van der Waals surface area contributed by atoms with E-state index in [4.69, 9.17) is 4.74 Å². The van der Waals surface area contributed by atoms with Gasteiger partial charge in [-0.1, -0.05) is 36.4 Å². The van der Waals surface area contributed by atoms with E-state index < -0.39 is 0 Å². The Labute approximate surface area is 123 Å². The predicted molar refractivity (Wildman–Crippen MR) is 82.8 cm³/mol. The summed E-state index contributed by atoms with van der Waals surface area (Å²) in [5, 5.41) is 1.91. The van der Waals surface area contributed by atoms with E-state index in [1.807, 2.05) is 48.5 Å². The number of aromatic nitrogens is 1. The normalized spacial score (nSPS) is 10.5. The zero-order valence-corrected chi connectivity index (χ0v) is 11.7. The number of ether oxygens (including phenoxy) is 1. The molecule has 0 aliphatic carbocycles. The number of carbonyl (C=O) groups excluding carboxylic acids is 1. The van der Waals surface area contributed by atoms with Gasteiger partial charge in [0.15, 0.2) is 5.78 Å². The number of hydrogen-bond donors (Lipinski definition) is 0. The van der Waals surface area contributed by atoms with E-state index in [-0.39, 0.29) is 5.78 Å². The van der Waals surface area contributed by atoms with Crippen LogP contribution in [0.5, 0.6) is 5.75 Å². The molecule has 2 aromatic carbocycles. The highest BCUT2D eigenvalue weighted by molar-refractivity contribution is 6.08. The zero-order chi connectivity index (χ0) is 14.7. The fourth-order valence-electron chi connectivity index (χ4n) is 2.47. The molecule has 3 rings (SSSR count). The molecule has 0 N–H and O–H groups in total. The fraction of sp³-hybridized carbons (Fsp3) is 0.111. The van der Waals surface area contributed by atoms with Crippen LogP contribution in [0.1, 0.15) is 15.9 Å². The topological polar surface area (TPSA) is 39.2 Å². The minimum Gasteiger partial charge on any atom is -0.496 e. The summed E-state index contributed by atoms with van der Waals surface area (Å²) in [4.78, 5) is 16.7. The van der Waals surface area contributed by atoms with Crippen LogP contribution in [0, 0.1) is 0 Å². The first-order valence-electron chi connectivity index (χ1n) is 6.77. The number of fused-ring (bicyclic) bond motifs is 1. The standard InChI is InChI=1S/C18H15NO2/c1-21-18-8-3-2-5-14(18)11-17(20)15-7-4-6-13-9-10-19-12-16(13)15/h2-10,12H,11H2,1H3. The number of pyridine rings is 1. The molecule has 104 valence electrons. The van der Waals surface area contributed by atoms with Gasteiger partial charge in [-0.2, -0.15) is 0 Å². The van der Waals surface area contributed by atoms with Crippen molar-refractivity contribution < 1.29 is 9.53 Å². The van der Waals surface area contributed by atoms with Crippen molar-refractivity contribution in [2.24, 2.45) is 0 Å². The molecule has 0 atom stereocenters. The Balaban J connectivity index is 1.98. The quantitative estimate of drug-likeness (QED) is 0.683. The Bertz CT molecular complexity index is 791. The maximum Gasteiger partial charge on any atom is 0.168 e. The van der Waals surface area contributed by atoms with E-state index in [0.717, 1.165) is 22.1 Å². The number of methoxy groups -OCH3 is 1. The second-order valence-corrected chi connectivity index (χ2v) is 4.81. The smallest absolute Gasteiger partial charge is 0.168 e. The molecule has 3 heteroatoms. The molecule has 0 fully saturated rings. The van der Waals surface area contributed by atoms with Crippen molar-refractivity contribution in [3.8, 4) is 5.75 Å². The summed E-state index contributed by atoms with van der Waals surface area (Å²) < 4.78 is 5.30. The first-order valence-corrected chi connectivity index (χ1v) is 6.77. The maximum atomic E-state index is 12.6. The van der Waals surface area contributed by atoms with Gasteiger partial charge < -0.3 is 4.74 Å². The van der Waals surface area contributed by atoms with Gasteiger partial charge in [0.2, 0.25) is 0 Å². The van der Waals surface area contributed by atoms with Crippen LogP contribution in [0.3, 0.4) is 0 Å². The van der Waals surface area contributed by atoms with Gasteiger partial charge in [-0.05, 0) is 17.5 Å². The number of hydrogen-bond acceptors (Lipinski definition) is 3. The van der Waals surface area contributed by atoms with Crippen molar-refractivity contribution in [3.63, 3.8) is 0 Å². The number of ketones is 1. The Morgan fingerprint density at radius 2 is 1.95 bits per heavy atom. The summed E-state index contributed by atoms with van der Waals surface area (Å²) in [5.41, 5.74) is 1.59. The third-order valence-electron chi connectivity index (χ3n) is 3.53. The first kappa shape index (κ1) is 13.3. The SMILES string of the molecule is COc1ccccc1CC(=O)c1cccc2ccncc12. The van der Waals surface area contributed by atoms with E-state index in [9.17, 15) is 4.79 Å². The lowest BCUT2D eigenvalue weighted by Gasteiger charge is -2.09. The molecule has 1 heterocycles. The lowest BCUT2D eigenvalue weighted by atomic mass is 9.98. The molecule has 0 aliphatic heterocycles. The third kappa shape index (κ3) is 2.63. The summed E-state index contributed by atoms with van der Waals surface area (Å²) in [6, 6.07) is 15.2. The van der Waals surface area contributed by atoms with Crippen molar-refractivity contribution in [2.75, 3.05) is 7.11 Å². The van der Waals surface area contributed by atoms with Gasteiger partial charge in [0.1, 0.15) is 5.75 Å². The number of benzene rings is 2. The average Bonchev–Trinajstić information content (AvgIpc) is 2.54. The summed E-state index contributed by atoms with van der Waals surface area (Å²) >= 11 is 0. The van der Waals surface area contributed by atoms with Crippen LogP contribution in [0.4, 0.5) is 0 Å². The van der Waals surface area contributed by atoms with Gasteiger partial charge in [0.05, 0.1) is 7.11 Å². The van der Waals surface area contributed by atoms with Crippen LogP contribution in [0.15, 0.2) is 60.9 Å². The molecule has 3 nitrogen and oxygen atoms in total. The monoisotopic (exact) mass is 277 g/mol. The van der Waals surface area contributed by atoms with Gasteiger partial charge >= 0.3 is 0 Å². The highest BCUT2D eigenvalue weighted by atomic mass is 16.5. The van der Waals surface area contributed by atoms with Crippen LogP contribution in [-0.2, 0) is 6.42 Å². The van der Waals surface area contributed by atoms with Crippen LogP contribution < -0.4 is 4.74 Å². The molecule has 0 saturated heterocycles. The molecule has 3 aromatic rings. The van der Waals surface area contributed by atoms with E-state index in [1.54, 1.807) is 19.5 Å². The van der Waals surface area contributed by atoms with Crippen LogP contribution in [-0.4, -0.2) is 17.9 Å². The molecule has 0 amide bonds. The number of rotatable bonds is 4. The van der Waals surface area contributed by atoms with E-state index in [2.05, 4.69) is 4.98 Å².